The van der Waals surface area contributed by atoms with E-state index in [4.69, 9.17) is 4.74 Å². The summed E-state index contributed by atoms with van der Waals surface area (Å²) in [5.41, 5.74) is 2.67. The van der Waals surface area contributed by atoms with Crippen LogP contribution in [0.1, 0.15) is 50.3 Å². The van der Waals surface area contributed by atoms with Crippen molar-refractivity contribution in [2.24, 2.45) is 0 Å². The molecule has 1 aliphatic heterocycles. The molecule has 0 aromatic heterocycles. The van der Waals surface area contributed by atoms with Gasteiger partial charge in [-0.2, -0.15) is 0 Å². The van der Waals surface area contributed by atoms with E-state index in [-0.39, 0.29) is 0 Å². The molecule has 1 aliphatic rings. The number of nitrogens with one attached hydrogen (secondary N) is 1. The fourth-order valence-electron chi connectivity index (χ4n) is 2.53. The highest BCUT2D eigenvalue weighted by molar-refractivity contribution is 9.10. The van der Waals surface area contributed by atoms with Crippen molar-refractivity contribution in [1.29, 1.82) is 0 Å². The summed E-state index contributed by atoms with van der Waals surface area (Å²) < 4.78 is 7.00. The van der Waals surface area contributed by atoms with Crippen molar-refractivity contribution >= 4 is 15.9 Å². The van der Waals surface area contributed by atoms with Crippen molar-refractivity contribution in [3.8, 4) is 5.75 Å². The standard InChI is InChI=1S/C15H22BrNO/c1-3-5-14(17-7-4-2)13-10-12(16)9-11-6-8-18-15(11)13/h9-10,14,17H,3-8H2,1-2H3. The molecule has 18 heavy (non-hydrogen) atoms. The summed E-state index contributed by atoms with van der Waals surface area (Å²) in [5.74, 6) is 1.13. The molecule has 1 atom stereocenters. The number of fused-ring (bicyclic) bond motifs is 1. The first-order chi connectivity index (χ1) is 8.76. The van der Waals surface area contributed by atoms with E-state index in [1.807, 2.05) is 0 Å². The van der Waals surface area contributed by atoms with Crippen molar-refractivity contribution in [3.63, 3.8) is 0 Å². The molecule has 1 aromatic rings. The first-order valence-corrected chi connectivity index (χ1v) is 7.74. The number of benzene rings is 1. The smallest absolute Gasteiger partial charge is 0.127 e. The van der Waals surface area contributed by atoms with Gasteiger partial charge in [0.1, 0.15) is 5.75 Å². The van der Waals surface area contributed by atoms with Gasteiger partial charge in [0.2, 0.25) is 0 Å². The van der Waals surface area contributed by atoms with Gasteiger partial charge in [0.05, 0.1) is 6.61 Å². The van der Waals surface area contributed by atoms with Crippen LogP contribution < -0.4 is 10.1 Å². The third kappa shape index (κ3) is 3.07. The summed E-state index contributed by atoms with van der Waals surface area (Å²) in [4.78, 5) is 0. The van der Waals surface area contributed by atoms with Crippen LogP contribution in [0.3, 0.4) is 0 Å². The van der Waals surface area contributed by atoms with E-state index in [1.165, 1.54) is 22.0 Å². The Hall–Kier alpha value is -0.540. The van der Waals surface area contributed by atoms with Gasteiger partial charge in [-0.3, -0.25) is 0 Å². The largest absolute Gasteiger partial charge is 0.493 e. The minimum atomic E-state index is 0.416. The highest BCUT2D eigenvalue weighted by Crippen LogP contribution is 2.37. The Kier molecular flexibility index (Phi) is 5.07. The molecule has 100 valence electrons. The third-order valence-electron chi connectivity index (χ3n) is 3.37. The van der Waals surface area contributed by atoms with Crippen LogP contribution in [0.5, 0.6) is 5.75 Å². The Morgan fingerprint density at radius 1 is 1.33 bits per heavy atom. The normalized spacial score (nSPS) is 15.3. The van der Waals surface area contributed by atoms with Crippen LogP contribution in [0.25, 0.3) is 0 Å². The summed E-state index contributed by atoms with van der Waals surface area (Å²) in [7, 11) is 0. The summed E-state index contributed by atoms with van der Waals surface area (Å²) in [6, 6.07) is 4.82. The zero-order valence-electron chi connectivity index (χ0n) is 11.3. The molecule has 0 amide bonds. The van der Waals surface area contributed by atoms with Crippen LogP contribution in [-0.2, 0) is 6.42 Å². The first kappa shape index (κ1) is 13.9. The van der Waals surface area contributed by atoms with Crippen molar-refractivity contribution in [2.75, 3.05) is 13.2 Å². The maximum absolute atomic E-state index is 5.83. The zero-order chi connectivity index (χ0) is 13.0. The maximum Gasteiger partial charge on any atom is 0.127 e. The van der Waals surface area contributed by atoms with Gasteiger partial charge in [-0.1, -0.05) is 36.2 Å². The van der Waals surface area contributed by atoms with E-state index in [2.05, 4.69) is 47.2 Å². The van der Waals surface area contributed by atoms with E-state index in [9.17, 15) is 0 Å². The van der Waals surface area contributed by atoms with E-state index in [0.717, 1.165) is 38.2 Å². The second-order valence-corrected chi connectivity index (χ2v) is 5.79. The summed E-state index contributed by atoms with van der Waals surface area (Å²) in [6.07, 6.45) is 4.54. The zero-order valence-corrected chi connectivity index (χ0v) is 12.8. The first-order valence-electron chi connectivity index (χ1n) is 6.94. The molecular weight excluding hydrogens is 290 g/mol. The number of hydrogen-bond donors (Lipinski definition) is 1. The summed E-state index contributed by atoms with van der Waals surface area (Å²) in [6.45, 7) is 6.33. The van der Waals surface area contributed by atoms with Gasteiger partial charge >= 0.3 is 0 Å². The Morgan fingerprint density at radius 2 is 2.17 bits per heavy atom. The second-order valence-electron chi connectivity index (χ2n) is 4.88. The van der Waals surface area contributed by atoms with Gasteiger partial charge in [0, 0.05) is 22.5 Å². The molecular formula is C15H22BrNO. The molecule has 0 saturated carbocycles. The molecule has 0 radical (unpaired) electrons. The molecule has 0 spiro atoms. The molecule has 1 heterocycles. The lowest BCUT2D eigenvalue weighted by Crippen LogP contribution is -2.22. The molecule has 0 saturated heterocycles. The van der Waals surface area contributed by atoms with E-state index in [0.29, 0.717) is 6.04 Å². The number of hydrogen-bond acceptors (Lipinski definition) is 2. The molecule has 1 unspecified atom stereocenters. The van der Waals surface area contributed by atoms with Crippen molar-refractivity contribution in [2.45, 2.75) is 45.6 Å². The summed E-state index contributed by atoms with van der Waals surface area (Å²) in [5, 5.41) is 3.64. The van der Waals surface area contributed by atoms with Gasteiger partial charge in [-0.05, 0) is 37.1 Å². The fourth-order valence-corrected chi connectivity index (χ4v) is 3.05. The Bertz CT molecular complexity index is 406. The van der Waals surface area contributed by atoms with Crippen molar-refractivity contribution < 1.29 is 4.74 Å². The predicted octanol–water partition coefficient (Wildman–Crippen LogP) is 4.22. The van der Waals surface area contributed by atoms with Gasteiger partial charge in [0.15, 0.2) is 0 Å². The van der Waals surface area contributed by atoms with Crippen molar-refractivity contribution in [1.82, 2.24) is 5.32 Å². The monoisotopic (exact) mass is 311 g/mol. The molecule has 0 aliphatic carbocycles. The van der Waals surface area contributed by atoms with Crippen molar-refractivity contribution in [3.05, 3.63) is 27.7 Å². The van der Waals surface area contributed by atoms with Crippen LogP contribution in [0.4, 0.5) is 0 Å². The Labute approximate surface area is 118 Å². The lowest BCUT2D eigenvalue weighted by molar-refractivity contribution is 0.346. The van der Waals surface area contributed by atoms with Gasteiger partial charge in [-0.15, -0.1) is 0 Å². The quantitative estimate of drug-likeness (QED) is 0.849. The molecule has 2 nitrogen and oxygen atoms in total. The highest BCUT2D eigenvalue weighted by atomic mass is 79.9. The third-order valence-corrected chi connectivity index (χ3v) is 3.83. The summed E-state index contributed by atoms with van der Waals surface area (Å²) >= 11 is 3.62. The lowest BCUT2D eigenvalue weighted by Gasteiger charge is -2.21. The lowest BCUT2D eigenvalue weighted by atomic mass is 9.98. The minimum absolute atomic E-state index is 0.416. The molecule has 1 aromatic carbocycles. The Morgan fingerprint density at radius 3 is 2.89 bits per heavy atom. The van der Waals surface area contributed by atoms with Crippen LogP contribution in [-0.4, -0.2) is 13.2 Å². The van der Waals surface area contributed by atoms with Crippen LogP contribution >= 0.6 is 15.9 Å². The SMILES string of the molecule is CCCNC(CCC)c1cc(Br)cc2c1OCC2. The van der Waals surface area contributed by atoms with Gasteiger partial charge < -0.3 is 10.1 Å². The highest BCUT2D eigenvalue weighted by Gasteiger charge is 2.22. The van der Waals surface area contributed by atoms with E-state index >= 15 is 0 Å². The molecule has 3 heteroatoms. The molecule has 0 bridgehead atoms. The predicted molar refractivity (Wildman–Crippen MR) is 79.3 cm³/mol. The molecule has 2 rings (SSSR count). The Balaban J connectivity index is 2.28. The minimum Gasteiger partial charge on any atom is -0.493 e. The fraction of sp³-hybridized carbons (Fsp3) is 0.600. The number of rotatable bonds is 6. The van der Waals surface area contributed by atoms with Gasteiger partial charge in [-0.25, -0.2) is 0 Å². The second kappa shape index (κ2) is 6.58. The van der Waals surface area contributed by atoms with Crippen LogP contribution in [0, 0.1) is 0 Å². The maximum atomic E-state index is 5.83. The number of halogens is 1. The van der Waals surface area contributed by atoms with Gasteiger partial charge in [0.25, 0.3) is 0 Å². The van der Waals surface area contributed by atoms with E-state index in [1.54, 1.807) is 0 Å². The van der Waals surface area contributed by atoms with Crippen LogP contribution in [0.15, 0.2) is 16.6 Å². The number of ether oxygens (including phenoxy) is 1. The average Bonchev–Trinajstić information content (AvgIpc) is 2.81. The molecule has 0 fully saturated rings. The average molecular weight is 312 g/mol. The van der Waals surface area contributed by atoms with E-state index < -0.39 is 0 Å². The van der Waals surface area contributed by atoms with Crippen LogP contribution in [0.2, 0.25) is 0 Å². The topological polar surface area (TPSA) is 21.3 Å². The molecule has 1 N–H and O–H groups in total.